The van der Waals surface area contributed by atoms with Gasteiger partial charge in [0.2, 0.25) is 0 Å². The topological polar surface area (TPSA) is 64.4 Å². The minimum Gasteiger partial charge on any atom is -0.380 e. The molecular formula is C16H23FN2O3. The van der Waals surface area contributed by atoms with Crippen molar-refractivity contribution in [3.8, 4) is 0 Å². The maximum Gasteiger partial charge on any atom is 0.272 e. The lowest BCUT2D eigenvalue weighted by Crippen LogP contribution is -2.38. The van der Waals surface area contributed by atoms with Crippen molar-refractivity contribution in [1.82, 2.24) is 0 Å². The predicted molar refractivity (Wildman–Crippen MR) is 83.5 cm³/mol. The van der Waals surface area contributed by atoms with Crippen LogP contribution in [0.1, 0.15) is 39.5 Å². The second kappa shape index (κ2) is 7.54. The molecule has 1 heterocycles. The zero-order valence-electron chi connectivity index (χ0n) is 13.0. The minimum absolute atomic E-state index is 0.135. The largest absolute Gasteiger partial charge is 0.380 e. The lowest BCUT2D eigenvalue weighted by Gasteiger charge is -2.35. The number of anilines is 1. The fraction of sp³-hybridized carbons (Fsp3) is 0.625. The van der Waals surface area contributed by atoms with Crippen molar-refractivity contribution in [2.45, 2.75) is 51.7 Å². The summed E-state index contributed by atoms with van der Waals surface area (Å²) < 4.78 is 19.8. The zero-order chi connectivity index (χ0) is 16.1. The number of hydrogen-bond donors (Lipinski definition) is 1. The van der Waals surface area contributed by atoms with Crippen molar-refractivity contribution < 1.29 is 14.1 Å². The van der Waals surface area contributed by atoms with E-state index < -0.39 is 10.7 Å². The van der Waals surface area contributed by atoms with Gasteiger partial charge in [0.1, 0.15) is 0 Å². The van der Waals surface area contributed by atoms with Gasteiger partial charge in [-0.25, -0.2) is 4.39 Å². The monoisotopic (exact) mass is 310 g/mol. The summed E-state index contributed by atoms with van der Waals surface area (Å²) in [6, 6.07) is 3.85. The molecule has 0 radical (unpaired) electrons. The van der Waals surface area contributed by atoms with Gasteiger partial charge in [-0.1, -0.05) is 26.7 Å². The first kappa shape index (κ1) is 16.7. The second-order valence-electron chi connectivity index (χ2n) is 5.77. The van der Waals surface area contributed by atoms with Gasteiger partial charge in [0, 0.05) is 18.7 Å². The molecule has 1 aliphatic rings. The molecule has 0 spiro atoms. The lowest BCUT2D eigenvalue weighted by molar-refractivity contribution is -0.385. The molecule has 0 amide bonds. The molecule has 122 valence electrons. The molecule has 1 saturated heterocycles. The summed E-state index contributed by atoms with van der Waals surface area (Å²) in [5.41, 5.74) is 0.0886. The van der Waals surface area contributed by atoms with E-state index in [0.29, 0.717) is 18.2 Å². The molecule has 1 fully saturated rings. The highest BCUT2D eigenvalue weighted by atomic mass is 19.1. The highest BCUT2D eigenvalue weighted by Crippen LogP contribution is 2.28. The SMILES string of the molecule is CCC(CC)C1CC(Nc2ccc([N+](=O)[O-])cc2F)CCO1. The van der Waals surface area contributed by atoms with E-state index in [0.717, 1.165) is 31.7 Å². The molecule has 1 aromatic carbocycles. The van der Waals surface area contributed by atoms with Gasteiger partial charge < -0.3 is 10.1 Å². The van der Waals surface area contributed by atoms with E-state index in [1.54, 1.807) is 0 Å². The van der Waals surface area contributed by atoms with Crippen molar-refractivity contribution >= 4 is 11.4 Å². The first-order valence-corrected chi connectivity index (χ1v) is 7.87. The summed E-state index contributed by atoms with van der Waals surface area (Å²) in [5, 5.41) is 13.8. The number of benzene rings is 1. The maximum absolute atomic E-state index is 14.0. The third-order valence-electron chi connectivity index (χ3n) is 4.41. The van der Waals surface area contributed by atoms with Crippen LogP contribution in [-0.4, -0.2) is 23.7 Å². The molecule has 22 heavy (non-hydrogen) atoms. The molecule has 6 heteroatoms. The van der Waals surface area contributed by atoms with Crippen molar-refractivity contribution in [2.75, 3.05) is 11.9 Å². The molecule has 2 rings (SSSR count). The van der Waals surface area contributed by atoms with Gasteiger partial charge in [0.25, 0.3) is 5.69 Å². The van der Waals surface area contributed by atoms with Crippen molar-refractivity contribution in [1.29, 1.82) is 0 Å². The molecular weight excluding hydrogens is 287 g/mol. The fourth-order valence-corrected chi connectivity index (χ4v) is 3.06. The lowest BCUT2D eigenvalue weighted by atomic mass is 9.89. The Labute approximate surface area is 130 Å². The number of halogens is 1. The number of nitrogens with one attached hydrogen (secondary N) is 1. The Bertz CT molecular complexity index is 520. The van der Waals surface area contributed by atoms with E-state index in [2.05, 4.69) is 19.2 Å². The number of non-ortho nitro benzene ring substituents is 1. The Morgan fingerprint density at radius 1 is 1.45 bits per heavy atom. The molecule has 1 aromatic rings. The van der Waals surface area contributed by atoms with Gasteiger partial charge in [0.05, 0.1) is 22.8 Å². The summed E-state index contributed by atoms with van der Waals surface area (Å²) in [6.07, 6.45) is 3.98. The predicted octanol–water partition coefficient (Wildman–Crippen LogP) is 4.13. The molecule has 2 atom stereocenters. The van der Waals surface area contributed by atoms with Crippen LogP contribution in [0.4, 0.5) is 15.8 Å². The summed E-state index contributed by atoms with van der Waals surface area (Å²) in [5.74, 6) is -0.0638. The highest BCUT2D eigenvalue weighted by molar-refractivity contribution is 5.50. The molecule has 0 aromatic heterocycles. The molecule has 0 bridgehead atoms. The summed E-state index contributed by atoms with van der Waals surface area (Å²) in [6.45, 7) is 4.97. The summed E-state index contributed by atoms with van der Waals surface area (Å²) >= 11 is 0. The first-order valence-electron chi connectivity index (χ1n) is 7.87. The smallest absolute Gasteiger partial charge is 0.272 e. The van der Waals surface area contributed by atoms with Crippen LogP contribution in [0.5, 0.6) is 0 Å². The number of nitro groups is 1. The Hall–Kier alpha value is -1.69. The normalized spacial score (nSPS) is 21.8. The second-order valence-corrected chi connectivity index (χ2v) is 5.77. The fourth-order valence-electron chi connectivity index (χ4n) is 3.06. The molecule has 0 saturated carbocycles. The summed E-state index contributed by atoms with van der Waals surface area (Å²) in [4.78, 5) is 10.0. The molecule has 1 aliphatic heterocycles. The Morgan fingerprint density at radius 3 is 2.77 bits per heavy atom. The van der Waals surface area contributed by atoms with Gasteiger partial charge in [-0.2, -0.15) is 0 Å². The molecule has 0 aliphatic carbocycles. The van der Waals surface area contributed by atoms with E-state index in [9.17, 15) is 14.5 Å². The van der Waals surface area contributed by atoms with Gasteiger partial charge in [-0.05, 0) is 24.8 Å². The van der Waals surface area contributed by atoms with Crippen LogP contribution >= 0.6 is 0 Å². The van der Waals surface area contributed by atoms with Crippen molar-refractivity contribution in [3.63, 3.8) is 0 Å². The third kappa shape index (κ3) is 3.94. The zero-order valence-corrected chi connectivity index (χ0v) is 13.0. The first-order chi connectivity index (χ1) is 10.5. The van der Waals surface area contributed by atoms with E-state index in [1.165, 1.54) is 12.1 Å². The average molecular weight is 310 g/mol. The quantitative estimate of drug-likeness (QED) is 0.634. The van der Waals surface area contributed by atoms with Crippen LogP contribution < -0.4 is 5.32 Å². The highest BCUT2D eigenvalue weighted by Gasteiger charge is 2.28. The Morgan fingerprint density at radius 2 is 2.18 bits per heavy atom. The van der Waals surface area contributed by atoms with E-state index in [1.807, 2.05) is 0 Å². The van der Waals surface area contributed by atoms with Crippen LogP contribution in [0.3, 0.4) is 0 Å². The van der Waals surface area contributed by atoms with Crippen molar-refractivity contribution in [2.24, 2.45) is 5.92 Å². The Balaban J connectivity index is 2.02. The van der Waals surface area contributed by atoms with Crippen LogP contribution in [0.2, 0.25) is 0 Å². The standard InChI is InChI=1S/C16H23FN2O3/c1-3-11(4-2)16-9-12(7-8-22-16)18-15-6-5-13(19(20)21)10-14(15)17/h5-6,10-12,16,18H,3-4,7-9H2,1-2H3. The van der Waals surface area contributed by atoms with Gasteiger partial charge in [0.15, 0.2) is 5.82 Å². The number of rotatable bonds is 6. The molecule has 5 nitrogen and oxygen atoms in total. The van der Waals surface area contributed by atoms with Crippen LogP contribution in [0.15, 0.2) is 18.2 Å². The molecule has 1 N–H and O–H groups in total. The van der Waals surface area contributed by atoms with Crippen LogP contribution in [0, 0.1) is 21.8 Å². The van der Waals surface area contributed by atoms with E-state index in [4.69, 9.17) is 4.74 Å². The van der Waals surface area contributed by atoms with E-state index in [-0.39, 0.29) is 17.8 Å². The number of nitrogens with zero attached hydrogens (tertiary/aromatic N) is 1. The average Bonchev–Trinajstić information content (AvgIpc) is 2.51. The minimum atomic E-state index is -0.593. The molecule has 2 unspecified atom stereocenters. The van der Waals surface area contributed by atoms with Crippen LogP contribution in [0.25, 0.3) is 0 Å². The van der Waals surface area contributed by atoms with E-state index >= 15 is 0 Å². The number of nitro benzene ring substituents is 1. The van der Waals surface area contributed by atoms with Gasteiger partial charge in [-0.3, -0.25) is 10.1 Å². The van der Waals surface area contributed by atoms with Gasteiger partial charge >= 0.3 is 0 Å². The Kier molecular flexibility index (Phi) is 5.71. The number of ether oxygens (including phenoxy) is 1. The third-order valence-corrected chi connectivity index (χ3v) is 4.41. The van der Waals surface area contributed by atoms with Crippen LogP contribution in [-0.2, 0) is 4.74 Å². The number of hydrogen-bond acceptors (Lipinski definition) is 4. The maximum atomic E-state index is 14.0. The van der Waals surface area contributed by atoms with Crippen molar-refractivity contribution in [3.05, 3.63) is 34.1 Å². The summed E-state index contributed by atoms with van der Waals surface area (Å²) in [7, 11) is 0. The van der Waals surface area contributed by atoms with Gasteiger partial charge in [-0.15, -0.1) is 0 Å².